The fourth-order valence-corrected chi connectivity index (χ4v) is 4.72. The van der Waals surface area contributed by atoms with Gasteiger partial charge in [-0.05, 0) is 29.8 Å². The molecule has 2 rings (SSSR count). The minimum absolute atomic E-state index is 0.0362. The summed E-state index contributed by atoms with van der Waals surface area (Å²) in [6.45, 7) is 4.48. The molecule has 1 amide bonds. The van der Waals surface area contributed by atoms with E-state index in [2.05, 4.69) is 4.98 Å². The summed E-state index contributed by atoms with van der Waals surface area (Å²) in [5, 5.41) is 0.734. The molecule has 0 spiro atoms. The number of hydrogen-bond acceptors (Lipinski definition) is 5. The molecule has 146 valence electrons. The Morgan fingerprint density at radius 2 is 1.81 bits per heavy atom. The zero-order valence-electron chi connectivity index (χ0n) is 16.0. The number of hydrogen-bond donors (Lipinski definition) is 0. The van der Waals surface area contributed by atoms with Crippen LogP contribution in [0.25, 0.3) is 0 Å². The van der Waals surface area contributed by atoms with Crippen LogP contribution in [0.2, 0.25) is 0 Å². The third kappa shape index (κ3) is 5.31. The fourth-order valence-electron chi connectivity index (χ4n) is 2.53. The van der Waals surface area contributed by atoms with Crippen LogP contribution in [-0.2, 0) is 15.8 Å². The van der Waals surface area contributed by atoms with Crippen LogP contribution in [0.3, 0.4) is 0 Å². The quantitative estimate of drug-likeness (QED) is 0.629. The molecule has 27 heavy (non-hydrogen) atoms. The van der Waals surface area contributed by atoms with Crippen molar-refractivity contribution >= 4 is 27.7 Å². The lowest BCUT2D eigenvalue weighted by Gasteiger charge is -2.18. The monoisotopic (exact) mass is 407 g/mol. The zero-order valence-corrected chi connectivity index (χ0v) is 17.7. The summed E-state index contributed by atoms with van der Waals surface area (Å²) >= 11 is 1.50. The lowest BCUT2D eigenvalue weighted by molar-refractivity contribution is 0.0827. The average molecular weight is 408 g/mol. The van der Waals surface area contributed by atoms with Crippen LogP contribution in [0.1, 0.15) is 29.8 Å². The van der Waals surface area contributed by atoms with E-state index in [-0.39, 0.29) is 10.8 Å². The molecule has 1 heterocycles. The highest BCUT2D eigenvalue weighted by atomic mass is 32.2. The SMILES string of the molecule is CCN(CC)S(=O)(=O)c1ccc(SCc2cccc(C(=O)N(C)C)c2)nc1. The summed E-state index contributed by atoms with van der Waals surface area (Å²) in [6, 6.07) is 10.8. The van der Waals surface area contributed by atoms with Crippen LogP contribution in [0.5, 0.6) is 0 Å². The van der Waals surface area contributed by atoms with Gasteiger partial charge in [0.1, 0.15) is 4.90 Å². The molecule has 0 saturated heterocycles. The van der Waals surface area contributed by atoms with E-state index >= 15 is 0 Å². The Labute approximate surface area is 165 Å². The molecule has 2 aromatic rings. The van der Waals surface area contributed by atoms with E-state index in [1.165, 1.54) is 22.3 Å². The number of aromatic nitrogens is 1. The lowest BCUT2D eigenvalue weighted by atomic mass is 10.1. The number of sulfonamides is 1. The summed E-state index contributed by atoms with van der Waals surface area (Å²) in [5.74, 6) is 0.606. The topological polar surface area (TPSA) is 70.6 Å². The number of pyridine rings is 1. The third-order valence-electron chi connectivity index (χ3n) is 4.02. The molecular formula is C19H25N3O3S2. The van der Waals surface area contributed by atoms with Gasteiger partial charge in [-0.3, -0.25) is 4.79 Å². The van der Waals surface area contributed by atoms with Crippen molar-refractivity contribution in [3.63, 3.8) is 0 Å². The Balaban J connectivity index is 2.08. The van der Waals surface area contributed by atoms with Gasteiger partial charge in [0.2, 0.25) is 10.0 Å². The number of rotatable bonds is 8. The number of thioether (sulfide) groups is 1. The van der Waals surface area contributed by atoms with Gasteiger partial charge >= 0.3 is 0 Å². The van der Waals surface area contributed by atoms with E-state index in [4.69, 9.17) is 0 Å². The first-order valence-electron chi connectivity index (χ1n) is 8.69. The van der Waals surface area contributed by atoms with Crippen LogP contribution in [0.15, 0.2) is 52.5 Å². The van der Waals surface area contributed by atoms with Crippen LogP contribution in [0.4, 0.5) is 0 Å². The smallest absolute Gasteiger partial charge is 0.253 e. The maximum Gasteiger partial charge on any atom is 0.253 e. The van der Waals surface area contributed by atoms with Gasteiger partial charge in [0, 0.05) is 44.7 Å². The molecule has 8 heteroatoms. The highest BCUT2D eigenvalue weighted by molar-refractivity contribution is 7.98. The second-order valence-electron chi connectivity index (χ2n) is 6.11. The maximum absolute atomic E-state index is 12.5. The molecule has 0 N–H and O–H groups in total. The van der Waals surface area contributed by atoms with Gasteiger partial charge in [0.05, 0.1) is 5.03 Å². The Hall–Kier alpha value is -1.90. The normalized spacial score (nSPS) is 11.6. The number of benzene rings is 1. The molecule has 0 aliphatic rings. The highest BCUT2D eigenvalue weighted by Crippen LogP contribution is 2.23. The highest BCUT2D eigenvalue weighted by Gasteiger charge is 2.21. The Kier molecular flexibility index (Phi) is 7.41. The third-order valence-corrected chi connectivity index (χ3v) is 7.07. The second kappa shape index (κ2) is 9.34. The number of amides is 1. The molecular weight excluding hydrogens is 382 g/mol. The Bertz CT molecular complexity index is 877. The lowest BCUT2D eigenvalue weighted by Crippen LogP contribution is -2.30. The summed E-state index contributed by atoms with van der Waals surface area (Å²) in [6.07, 6.45) is 1.40. The Morgan fingerprint density at radius 3 is 2.37 bits per heavy atom. The number of nitrogens with zero attached hydrogens (tertiary/aromatic N) is 3. The number of carbonyl (C=O) groups is 1. The van der Waals surface area contributed by atoms with Gasteiger partial charge in [-0.25, -0.2) is 13.4 Å². The van der Waals surface area contributed by atoms with Gasteiger partial charge < -0.3 is 4.90 Å². The van der Waals surface area contributed by atoms with Gasteiger partial charge in [0.15, 0.2) is 0 Å². The van der Waals surface area contributed by atoms with Crippen molar-refractivity contribution < 1.29 is 13.2 Å². The standard InChI is InChI=1S/C19H25N3O3S2/c1-5-22(6-2)27(24,25)17-10-11-18(20-13-17)26-14-15-8-7-9-16(12-15)19(23)21(3)4/h7-13H,5-6,14H2,1-4H3. The summed E-state index contributed by atoms with van der Waals surface area (Å²) < 4.78 is 26.4. The van der Waals surface area contributed by atoms with E-state index < -0.39 is 10.0 Å². The molecule has 0 radical (unpaired) electrons. The van der Waals surface area contributed by atoms with Gasteiger partial charge in [-0.1, -0.05) is 26.0 Å². The number of carbonyl (C=O) groups excluding carboxylic acids is 1. The first-order chi connectivity index (χ1) is 12.8. The van der Waals surface area contributed by atoms with Crippen molar-refractivity contribution in [2.75, 3.05) is 27.2 Å². The average Bonchev–Trinajstić information content (AvgIpc) is 2.67. The van der Waals surface area contributed by atoms with Gasteiger partial charge in [-0.15, -0.1) is 11.8 Å². The Morgan fingerprint density at radius 1 is 1.11 bits per heavy atom. The zero-order chi connectivity index (χ0) is 20.0. The molecule has 1 aromatic carbocycles. The first-order valence-corrected chi connectivity index (χ1v) is 11.1. The molecule has 0 fully saturated rings. The summed E-state index contributed by atoms with van der Waals surface area (Å²) in [7, 11) is -0.0415. The minimum Gasteiger partial charge on any atom is -0.345 e. The van der Waals surface area contributed by atoms with E-state index in [0.29, 0.717) is 24.4 Å². The van der Waals surface area contributed by atoms with E-state index in [0.717, 1.165) is 10.6 Å². The van der Waals surface area contributed by atoms with Crippen LogP contribution < -0.4 is 0 Å². The molecule has 0 aliphatic heterocycles. The van der Waals surface area contributed by atoms with Crippen molar-refractivity contribution in [1.82, 2.24) is 14.2 Å². The predicted octanol–water partition coefficient (Wildman–Crippen LogP) is 3.11. The molecule has 0 aliphatic carbocycles. The summed E-state index contributed by atoms with van der Waals surface area (Å²) in [5.41, 5.74) is 1.65. The van der Waals surface area contributed by atoms with Crippen LogP contribution in [-0.4, -0.2) is 55.7 Å². The molecule has 0 atom stereocenters. The molecule has 0 saturated carbocycles. The predicted molar refractivity (Wildman–Crippen MR) is 108 cm³/mol. The van der Waals surface area contributed by atoms with E-state index in [9.17, 15) is 13.2 Å². The molecule has 0 bridgehead atoms. The molecule has 1 aromatic heterocycles. The van der Waals surface area contributed by atoms with Crippen molar-refractivity contribution in [2.24, 2.45) is 0 Å². The summed E-state index contributed by atoms with van der Waals surface area (Å²) in [4.78, 5) is 18.1. The van der Waals surface area contributed by atoms with Gasteiger partial charge in [0.25, 0.3) is 5.91 Å². The van der Waals surface area contributed by atoms with Gasteiger partial charge in [-0.2, -0.15) is 4.31 Å². The fraction of sp³-hybridized carbons (Fsp3) is 0.368. The van der Waals surface area contributed by atoms with Crippen LogP contribution in [0, 0.1) is 0 Å². The maximum atomic E-state index is 12.5. The van der Waals surface area contributed by atoms with E-state index in [1.807, 2.05) is 32.0 Å². The van der Waals surface area contributed by atoms with Crippen LogP contribution >= 0.6 is 11.8 Å². The van der Waals surface area contributed by atoms with Crippen molar-refractivity contribution in [3.8, 4) is 0 Å². The van der Waals surface area contributed by atoms with Crippen molar-refractivity contribution in [2.45, 2.75) is 29.5 Å². The largest absolute Gasteiger partial charge is 0.345 e. The molecule has 0 unspecified atom stereocenters. The van der Waals surface area contributed by atoms with Crippen molar-refractivity contribution in [3.05, 3.63) is 53.7 Å². The minimum atomic E-state index is -3.49. The first kappa shape index (κ1) is 21.4. The van der Waals surface area contributed by atoms with E-state index in [1.54, 1.807) is 37.2 Å². The second-order valence-corrected chi connectivity index (χ2v) is 9.04. The molecule has 6 nitrogen and oxygen atoms in total. The van der Waals surface area contributed by atoms with Crippen molar-refractivity contribution in [1.29, 1.82) is 0 Å².